The Morgan fingerprint density at radius 2 is 1.81 bits per heavy atom. The first-order valence-corrected chi connectivity index (χ1v) is 8.41. The standard InChI is InChI=1S/C15H21N3O2S/c1-10(2)9-13-5-7-14(8-6-13)21(19,20)18-15-11(3)16-17-12(15)4/h5-8,10,18H,9H2,1-4H3,(H,16,17). The highest BCUT2D eigenvalue weighted by Crippen LogP contribution is 2.21. The van der Waals surface area contributed by atoms with Gasteiger partial charge in [-0.05, 0) is 43.9 Å². The number of sulfonamides is 1. The quantitative estimate of drug-likeness (QED) is 0.891. The fraction of sp³-hybridized carbons (Fsp3) is 0.400. The summed E-state index contributed by atoms with van der Waals surface area (Å²) in [6.45, 7) is 7.81. The number of aromatic amines is 1. The van der Waals surface area contributed by atoms with Crippen molar-refractivity contribution < 1.29 is 8.42 Å². The first-order valence-electron chi connectivity index (χ1n) is 6.93. The normalized spacial score (nSPS) is 11.9. The maximum atomic E-state index is 12.4. The van der Waals surface area contributed by atoms with E-state index in [-0.39, 0.29) is 4.90 Å². The second-order valence-corrected chi connectivity index (χ2v) is 7.34. The number of aryl methyl sites for hydroxylation is 2. The molecule has 0 saturated heterocycles. The van der Waals surface area contributed by atoms with E-state index in [4.69, 9.17) is 0 Å². The monoisotopic (exact) mass is 307 g/mol. The van der Waals surface area contributed by atoms with E-state index in [0.717, 1.165) is 12.0 Å². The van der Waals surface area contributed by atoms with E-state index in [0.29, 0.717) is 23.0 Å². The number of H-pyrrole nitrogens is 1. The number of nitrogens with zero attached hydrogens (tertiary/aromatic N) is 1. The topological polar surface area (TPSA) is 74.8 Å². The van der Waals surface area contributed by atoms with E-state index in [1.165, 1.54) is 0 Å². The fourth-order valence-corrected chi connectivity index (χ4v) is 3.35. The van der Waals surface area contributed by atoms with E-state index in [1.54, 1.807) is 26.0 Å². The summed E-state index contributed by atoms with van der Waals surface area (Å²) in [5.41, 5.74) is 2.99. The van der Waals surface area contributed by atoms with E-state index in [2.05, 4.69) is 28.8 Å². The van der Waals surface area contributed by atoms with Crippen LogP contribution in [0.4, 0.5) is 5.69 Å². The highest BCUT2D eigenvalue weighted by Gasteiger charge is 2.18. The van der Waals surface area contributed by atoms with Gasteiger partial charge in [0.1, 0.15) is 0 Å². The van der Waals surface area contributed by atoms with E-state index < -0.39 is 10.0 Å². The number of anilines is 1. The lowest BCUT2D eigenvalue weighted by Gasteiger charge is -2.09. The van der Waals surface area contributed by atoms with E-state index in [1.807, 2.05) is 12.1 Å². The summed E-state index contributed by atoms with van der Waals surface area (Å²) in [4.78, 5) is 0.259. The molecule has 0 amide bonds. The van der Waals surface area contributed by atoms with Crippen molar-refractivity contribution in [2.75, 3.05) is 4.72 Å². The molecule has 1 aromatic heterocycles. The predicted molar refractivity (Wildman–Crippen MR) is 83.9 cm³/mol. The van der Waals surface area contributed by atoms with Crippen LogP contribution in [0.3, 0.4) is 0 Å². The molecule has 0 spiro atoms. The molecule has 0 aliphatic heterocycles. The lowest BCUT2D eigenvalue weighted by Crippen LogP contribution is -2.14. The Balaban J connectivity index is 2.24. The average molecular weight is 307 g/mol. The van der Waals surface area contributed by atoms with Gasteiger partial charge >= 0.3 is 0 Å². The van der Waals surface area contributed by atoms with E-state index >= 15 is 0 Å². The van der Waals surface area contributed by atoms with Crippen molar-refractivity contribution in [3.8, 4) is 0 Å². The van der Waals surface area contributed by atoms with Crippen LogP contribution in [0.1, 0.15) is 30.8 Å². The molecule has 21 heavy (non-hydrogen) atoms. The van der Waals surface area contributed by atoms with Crippen molar-refractivity contribution >= 4 is 15.7 Å². The van der Waals surface area contributed by atoms with Crippen molar-refractivity contribution in [1.82, 2.24) is 10.2 Å². The van der Waals surface area contributed by atoms with Gasteiger partial charge in [-0.3, -0.25) is 9.82 Å². The molecule has 0 bridgehead atoms. The third-order valence-corrected chi connectivity index (χ3v) is 4.61. The van der Waals surface area contributed by atoms with Gasteiger partial charge in [-0.1, -0.05) is 26.0 Å². The van der Waals surface area contributed by atoms with Crippen LogP contribution in [0.5, 0.6) is 0 Å². The zero-order valence-corrected chi connectivity index (χ0v) is 13.6. The van der Waals surface area contributed by atoms with Gasteiger partial charge in [0.25, 0.3) is 10.0 Å². The molecule has 1 aromatic carbocycles. The number of rotatable bonds is 5. The molecule has 0 saturated carbocycles. The Hall–Kier alpha value is -1.82. The van der Waals surface area contributed by atoms with Crippen LogP contribution in [-0.2, 0) is 16.4 Å². The molecular weight excluding hydrogens is 286 g/mol. The second kappa shape index (κ2) is 5.89. The molecule has 0 aliphatic carbocycles. The van der Waals surface area contributed by atoms with Gasteiger partial charge in [0.2, 0.25) is 0 Å². The third-order valence-electron chi connectivity index (χ3n) is 3.24. The molecule has 6 heteroatoms. The molecular formula is C15H21N3O2S. The smallest absolute Gasteiger partial charge is 0.262 e. The number of aromatic nitrogens is 2. The Bertz CT molecular complexity index is 696. The molecule has 0 unspecified atom stereocenters. The van der Waals surface area contributed by atoms with Crippen LogP contribution in [0, 0.1) is 19.8 Å². The van der Waals surface area contributed by atoms with Gasteiger partial charge in [-0.15, -0.1) is 0 Å². The maximum Gasteiger partial charge on any atom is 0.262 e. The van der Waals surface area contributed by atoms with Gasteiger partial charge in [-0.2, -0.15) is 5.10 Å². The number of nitrogens with one attached hydrogen (secondary N) is 2. The minimum atomic E-state index is -3.58. The summed E-state index contributed by atoms with van der Waals surface area (Å²) in [6, 6.07) is 7.02. The van der Waals surface area contributed by atoms with Crippen LogP contribution in [0.2, 0.25) is 0 Å². The van der Waals surface area contributed by atoms with E-state index in [9.17, 15) is 8.42 Å². The van der Waals surface area contributed by atoms with Crippen LogP contribution in [0.15, 0.2) is 29.2 Å². The molecule has 0 aliphatic rings. The SMILES string of the molecule is Cc1n[nH]c(C)c1NS(=O)(=O)c1ccc(CC(C)C)cc1. The molecule has 2 rings (SSSR count). The zero-order valence-electron chi connectivity index (χ0n) is 12.8. The van der Waals surface area contributed by atoms with Crippen molar-refractivity contribution in [2.24, 2.45) is 5.92 Å². The Labute approximate surface area is 125 Å². The maximum absolute atomic E-state index is 12.4. The summed E-state index contributed by atoms with van der Waals surface area (Å²) >= 11 is 0. The van der Waals surface area contributed by atoms with Gasteiger partial charge in [0, 0.05) is 0 Å². The van der Waals surface area contributed by atoms with Crippen molar-refractivity contribution in [1.29, 1.82) is 0 Å². The van der Waals surface area contributed by atoms with Gasteiger partial charge in [0.15, 0.2) is 0 Å². The molecule has 114 valence electrons. The lowest BCUT2D eigenvalue weighted by molar-refractivity contribution is 0.601. The van der Waals surface area contributed by atoms with Gasteiger partial charge in [0.05, 0.1) is 22.0 Å². The van der Waals surface area contributed by atoms with Gasteiger partial charge in [-0.25, -0.2) is 8.42 Å². The zero-order chi connectivity index (χ0) is 15.6. The first kappa shape index (κ1) is 15.6. The van der Waals surface area contributed by atoms with Crippen molar-refractivity contribution in [3.05, 3.63) is 41.2 Å². The average Bonchev–Trinajstić information content (AvgIpc) is 2.70. The summed E-state index contributed by atoms with van der Waals surface area (Å²) in [6.07, 6.45) is 0.938. The van der Waals surface area contributed by atoms with Crippen molar-refractivity contribution in [3.63, 3.8) is 0 Å². The van der Waals surface area contributed by atoms with Crippen LogP contribution in [0.25, 0.3) is 0 Å². The molecule has 2 aromatic rings. The predicted octanol–water partition coefficient (Wildman–Crippen LogP) is 3.03. The summed E-state index contributed by atoms with van der Waals surface area (Å²) in [7, 11) is -3.58. The minimum absolute atomic E-state index is 0.259. The minimum Gasteiger partial charge on any atom is -0.280 e. The van der Waals surface area contributed by atoms with Gasteiger partial charge < -0.3 is 0 Å². The Morgan fingerprint density at radius 3 is 2.29 bits per heavy atom. The summed E-state index contributed by atoms with van der Waals surface area (Å²) in [5.74, 6) is 0.543. The first-order chi connectivity index (χ1) is 9.79. The number of hydrogen-bond acceptors (Lipinski definition) is 3. The molecule has 2 N–H and O–H groups in total. The molecule has 1 heterocycles. The van der Waals surface area contributed by atoms with Crippen LogP contribution < -0.4 is 4.72 Å². The Morgan fingerprint density at radius 1 is 1.19 bits per heavy atom. The fourth-order valence-electron chi connectivity index (χ4n) is 2.17. The highest BCUT2D eigenvalue weighted by atomic mass is 32.2. The summed E-state index contributed by atoms with van der Waals surface area (Å²) in [5, 5.41) is 6.75. The third kappa shape index (κ3) is 3.64. The molecule has 5 nitrogen and oxygen atoms in total. The van der Waals surface area contributed by atoms with Crippen LogP contribution >= 0.6 is 0 Å². The Kier molecular flexibility index (Phi) is 4.37. The highest BCUT2D eigenvalue weighted by molar-refractivity contribution is 7.92. The lowest BCUT2D eigenvalue weighted by atomic mass is 10.0. The molecule has 0 fully saturated rings. The molecule has 0 atom stereocenters. The largest absolute Gasteiger partial charge is 0.280 e. The van der Waals surface area contributed by atoms with Crippen molar-refractivity contribution in [2.45, 2.75) is 39.0 Å². The second-order valence-electron chi connectivity index (χ2n) is 5.66. The number of benzene rings is 1. The van der Waals surface area contributed by atoms with Crippen LogP contribution in [-0.4, -0.2) is 18.6 Å². The number of hydrogen-bond donors (Lipinski definition) is 2. The summed E-state index contributed by atoms with van der Waals surface area (Å²) < 4.78 is 27.4. The molecule has 0 radical (unpaired) electrons.